The van der Waals surface area contributed by atoms with Crippen LogP contribution < -0.4 is 5.73 Å². The molecule has 0 spiro atoms. The van der Waals surface area contributed by atoms with Gasteiger partial charge in [-0.25, -0.2) is 4.79 Å². The molecule has 116 valence electrons. The summed E-state index contributed by atoms with van der Waals surface area (Å²) in [6.07, 6.45) is 1.96. The largest absolute Gasteiger partial charge is 0.480 e. The minimum Gasteiger partial charge on any atom is -0.480 e. The molecule has 3 atom stereocenters. The Morgan fingerprint density at radius 3 is 2.50 bits per heavy atom. The van der Waals surface area contributed by atoms with Gasteiger partial charge in [0.25, 0.3) is 0 Å². The van der Waals surface area contributed by atoms with Gasteiger partial charge in [-0.15, -0.1) is 11.8 Å². The molecule has 0 aromatic rings. The van der Waals surface area contributed by atoms with Gasteiger partial charge in [-0.05, 0) is 11.8 Å². The molecule has 0 bridgehead atoms. The summed E-state index contributed by atoms with van der Waals surface area (Å²) >= 11 is 1.56. The number of carboxylic acids is 1. The van der Waals surface area contributed by atoms with E-state index < -0.39 is 12.0 Å². The van der Waals surface area contributed by atoms with Crippen LogP contribution in [0.3, 0.4) is 0 Å². The highest BCUT2D eigenvalue weighted by atomic mass is 32.2. The average Bonchev–Trinajstić information content (AvgIpc) is 2.72. The molecule has 1 saturated heterocycles. The van der Waals surface area contributed by atoms with Gasteiger partial charge in [-0.3, -0.25) is 4.79 Å². The molecule has 0 aliphatic carbocycles. The Morgan fingerprint density at radius 1 is 1.45 bits per heavy atom. The number of thioether (sulfide) groups is 1. The van der Waals surface area contributed by atoms with Crippen molar-refractivity contribution in [2.45, 2.75) is 64.4 Å². The van der Waals surface area contributed by atoms with Crippen LogP contribution in [0.1, 0.15) is 47.0 Å². The van der Waals surface area contributed by atoms with Gasteiger partial charge in [-0.2, -0.15) is 0 Å². The van der Waals surface area contributed by atoms with Crippen molar-refractivity contribution < 1.29 is 14.7 Å². The minimum absolute atomic E-state index is 0.0271. The van der Waals surface area contributed by atoms with E-state index >= 15 is 0 Å². The number of hydrogen-bond donors (Lipinski definition) is 2. The quantitative estimate of drug-likeness (QED) is 0.810. The monoisotopic (exact) mass is 302 g/mol. The topological polar surface area (TPSA) is 83.6 Å². The molecule has 5 nitrogen and oxygen atoms in total. The molecule has 1 amide bonds. The molecule has 0 aromatic heterocycles. The summed E-state index contributed by atoms with van der Waals surface area (Å²) in [5.74, 6) is -0.590. The Kier molecular flexibility index (Phi) is 5.89. The maximum atomic E-state index is 12.5. The molecule has 3 unspecified atom stereocenters. The lowest BCUT2D eigenvalue weighted by atomic mass is 9.85. The van der Waals surface area contributed by atoms with Crippen molar-refractivity contribution in [1.82, 2.24) is 4.90 Å². The van der Waals surface area contributed by atoms with E-state index in [1.54, 1.807) is 16.7 Å². The van der Waals surface area contributed by atoms with E-state index in [9.17, 15) is 14.7 Å². The number of aliphatic carboxylic acids is 1. The predicted molar refractivity (Wildman–Crippen MR) is 81.5 cm³/mol. The highest BCUT2D eigenvalue weighted by Crippen LogP contribution is 2.33. The fourth-order valence-corrected chi connectivity index (χ4v) is 3.69. The number of nitrogens with zero attached hydrogens (tertiary/aromatic N) is 1. The number of carboxylic acid groups (broad SMARTS) is 1. The molecule has 20 heavy (non-hydrogen) atoms. The van der Waals surface area contributed by atoms with Crippen molar-refractivity contribution in [3.05, 3.63) is 0 Å². The second-order valence-electron chi connectivity index (χ2n) is 6.41. The molecule has 1 aliphatic heterocycles. The zero-order chi connectivity index (χ0) is 15.5. The van der Waals surface area contributed by atoms with Gasteiger partial charge in [0.05, 0.1) is 5.37 Å². The van der Waals surface area contributed by atoms with E-state index in [1.807, 2.05) is 27.7 Å². The molecule has 1 rings (SSSR count). The van der Waals surface area contributed by atoms with E-state index in [0.717, 1.165) is 12.8 Å². The van der Waals surface area contributed by atoms with Crippen molar-refractivity contribution in [3.63, 3.8) is 0 Å². The summed E-state index contributed by atoms with van der Waals surface area (Å²) in [6.45, 7) is 8.00. The number of amides is 1. The molecular weight excluding hydrogens is 276 g/mol. The molecule has 1 aliphatic rings. The van der Waals surface area contributed by atoms with Gasteiger partial charge < -0.3 is 15.7 Å². The standard InChI is InChI=1S/C14H26N2O3S/c1-5-6-12-16(9(8-20-12)13(18)19)11(17)7-10(15)14(2,3)4/h9-10,12H,5-8,15H2,1-4H3,(H,18,19). The number of carbonyl (C=O) groups excluding carboxylic acids is 1. The third-order valence-electron chi connectivity index (χ3n) is 3.71. The van der Waals surface area contributed by atoms with Crippen LogP contribution in [0.15, 0.2) is 0 Å². The summed E-state index contributed by atoms with van der Waals surface area (Å²) in [5.41, 5.74) is 5.89. The van der Waals surface area contributed by atoms with Crippen LogP contribution in [0.2, 0.25) is 0 Å². The van der Waals surface area contributed by atoms with E-state index in [1.165, 1.54) is 0 Å². The van der Waals surface area contributed by atoms with Crippen LogP contribution in [-0.4, -0.2) is 45.1 Å². The van der Waals surface area contributed by atoms with Crippen LogP contribution >= 0.6 is 11.8 Å². The van der Waals surface area contributed by atoms with Crippen LogP contribution in [0.5, 0.6) is 0 Å². The van der Waals surface area contributed by atoms with Crippen molar-refractivity contribution in [2.75, 3.05) is 5.75 Å². The van der Waals surface area contributed by atoms with E-state index in [-0.39, 0.29) is 29.2 Å². The Balaban J connectivity index is 2.81. The van der Waals surface area contributed by atoms with Gasteiger partial charge in [-0.1, -0.05) is 34.1 Å². The van der Waals surface area contributed by atoms with Crippen LogP contribution in [0.4, 0.5) is 0 Å². The SMILES string of the molecule is CCCC1SCC(C(=O)O)N1C(=O)CC(N)C(C)(C)C. The normalized spacial score (nSPS) is 24.8. The number of carbonyl (C=O) groups is 2. The number of hydrogen-bond acceptors (Lipinski definition) is 4. The van der Waals surface area contributed by atoms with Crippen molar-refractivity contribution in [2.24, 2.45) is 11.1 Å². The zero-order valence-electron chi connectivity index (χ0n) is 12.8. The van der Waals surface area contributed by atoms with Crippen LogP contribution in [-0.2, 0) is 9.59 Å². The maximum Gasteiger partial charge on any atom is 0.327 e. The summed E-state index contributed by atoms with van der Waals surface area (Å²) < 4.78 is 0. The van der Waals surface area contributed by atoms with E-state index in [4.69, 9.17) is 5.73 Å². The third kappa shape index (κ3) is 4.12. The Bertz CT molecular complexity index is 368. The molecular formula is C14H26N2O3S. The van der Waals surface area contributed by atoms with E-state index in [0.29, 0.717) is 5.75 Å². The second kappa shape index (κ2) is 6.80. The van der Waals surface area contributed by atoms with Gasteiger partial charge in [0.1, 0.15) is 6.04 Å². The van der Waals surface area contributed by atoms with Gasteiger partial charge in [0, 0.05) is 18.2 Å². The zero-order valence-corrected chi connectivity index (χ0v) is 13.6. The Morgan fingerprint density at radius 2 is 2.05 bits per heavy atom. The second-order valence-corrected chi connectivity index (χ2v) is 7.62. The van der Waals surface area contributed by atoms with Crippen molar-refractivity contribution in [1.29, 1.82) is 0 Å². The molecule has 3 N–H and O–H groups in total. The lowest BCUT2D eigenvalue weighted by Gasteiger charge is -2.32. The molecule has 6 heteroatoms. The Labute approximate surface area is 125 Å². The molecule has 1 fully saturated rings. The van der Waals surface area contributed by atoms with Gasteiger partial charge in [0.15, 0.2) is 0 Å². The summed E-state index contributed by atoms with van der Waals surface area (Å²) in [7, 11) is 0. The smallest absolute Gasteiger partial charge is 0.327 e. The van der Waals surface area contributed by atoms with Crippen LogP contribution in [0.25, 0.3) is 0 Å². The molecule has 0 radical (unpaired) electrons. The number of nitrogens with two attached hydrogens (primary N) is 1. The minimum atomic E-state index is -0.922. The summed E-state index contributed by atoms with van der Waals surface area (Å²) in [4.78, 5) is 25.3. The van der Waals surface area contributed by atoms with Gasteiger partial charge >= 0.3 is 5.97 Å². The summed E-state index contributed by atoms with van der Waals surface area (Å²) in [5, 5.41) is 9.25. The Hall–Kier alpha value is -0.750. The molecule has 0 aromatic carbocycles. The highest BCUT2D eigenvalue weighted by Gasteiger charge is 2.41. The first-order valence-corrected chi connectivity index (χ1v) is 8.14. The average molecular weight is 302 g/mol. The highest BCUT2D eigenvalue weighted by molar-refractivity contribution is 8.00. The van der Waals surface area contributed by atoms with Gasteiger partial charge in [0.2, 0.25) is 5.91 Å². The first kappa shape index (κ1) is 17.3. The molecule has 0 saturated carbocycles. The fourth-order valence-electron chi connectivity index (χ4n) is 2.16. The van der Waals surface area contributed by atoms with Crippen LogP contribution in [0, 0.1) is 5.41 Å². The number of rotatable bonds is 5. The summed E-state index contributed by atoms with van der Waals surface area (Å²) in [6, 6.07) is -0.978. The first-order valence-electron chi connectivity index (χ1n) is 7.09. The maximum absolute atomic E-state index is 12.5. The predicted octanol–water partition coefficient (Wildman–Crippen LogP) is 1.90. The van der Waals surface area contributed by atoms with E-state index in [2.05, 4.69) is 0 Å². The molecule has 1 heterocycles. The first-order chi connectivity index (χ1) is 9.18. The van der Waals surface area contributed by atoms with Crippen molar-refractivity contribution >= 4 is 23.6 Å². The third-order valence-corrected chi connectivity index (χ3v) is 5.06. The van der Waals surface area contributed by atoms with Crippen molar-refractivity contribution in [3.8, 4) is 0 Å². The lowest BCUT2D eigenvalue weighted by Crippen LogP contribution is -2.48. The lowest BCUT2D eigenvalue weighted by molar-refractivity contribution is -0.149. The fraction of sp³-hybridized carbons (Fsp3) is 0.857.